The number of nitrogens with two attached hydrogens (primary N) is 1. The minimum Gasteiger partial charge on any atom is -0.475 e. The summed E-state index contributed by atoms with van der Waals surface area (Å²) < 4.78 is 47.3. The van der Waals surface area contributed by atoms with E-state index in [1.807, 2.05) is 10.9 Å². The van der Waals surface area contributed by atoms with E-state index in [9.17, 15) is 22.4 Å². The Morgan fingerprint density at radius 2 is 1.74 bits per heavy atom. The molecule has 1 amide bonds. The number of carboxylic acids is 1. The van der Waals surface area contributed by atoms with Crippen LogP contribution in [-0.2, 0) is 4.79 Å². The Kier molecular flexibility index (Phi) is 6.83. The van der Waals surface area contributed by atoms with Crippen LogP contribution in [0.25, 0.3) is 10.9 Å². The van der Waals surface area contributed by atoms with Crippen molar-refractivity contribution in [2.45, 2.75) is 56.8 Å². The fourth-order valence-electron chi connectivity index (χ4n) is 4.25. The Labute approximate surface area is 175 Å². The molecule has 2 aromatic rings. The molecule has 1 aromatic heterocycles. The van der Waals surface area contributed by atoms with Crippen LogP contribution in [0.15, 0.2) is 18.3 Å². The maximum atomic E-state index is 13.7. The lowest BCUT2D eigenvalue weighted by Gasteiger charge is -2.30. The molecule has 0 spiro atoms. The molecule has 1 atom stereocenters. The van der Waals surface area contributed by atoms with Gasteiger partial charge in [-0.25, -0.2) is 9.18 Å². The number of primary amides is 1. The third kappa shape index (κ3) is 5.52. The zero-order valence-electron chi connectivity index (χ0n) is 16.7. The summed E-state index contributed by atoms with van der Waals surface area (Å²) in [6.45, 7) is 2.07. The van der Waals surface area contributed by atoms with Gasteiger partial charge in [0, 0.05) is 30.7 Å². The van der Waals surface area contributed by atoms with Crippen molar-refractivity contribution in [1.29, 1.82) is 0 Å². The van der Waals surface area contributed by atoms with Gasteiger partial charge in [0.2, 0.25) is 0 Å². The number of carbonyl (C=O) groups excluding carboxylic acids is 1. The lowest BCUT2D eigenvalue weighted by molar-refractivity contribution is -0.192. The summed E-state index contributed by atoms with van der Waals surface area (Å²) in [5.41, 5.74) is 6.03. The molecule has 1 aliphatic heterocycles. The van der Waals surface area contributed by atoms with Crippen molar-refractivity contribution >= 4 is 22.8 Å². The van der Waals surface area contributed by atoms with Gasteiger partial charge in [-0.3, -0.25) is 14.4 Å². The van der Waals surface area contributed by atoms with Crippen LogP contribution in [0.2, 0.25) is 0 Å². The number of amides is 1. The van der Waals surface area contributed by atoms with Crippen LogP contribution >= 0.6 is 0 Å². The highest BCUT2D eigenvalue weighted by molar-refractivity contribution is 6.04. The van der Waals surface area contributed by atoms with Crippen LogP contribution in [0.1, 0.15) is 54.9 Å². The van der Waals surface area contributed by atoms with Gasteiger partial charge in [-0.1, -0.05) is 19.3 Å². The third-order valence-electron chi connectivity index (χ3n) is 5.76. The summed E-state index contributed by atoms with van der Waals surface area (Å²) in [5.74, 6) is -3.85. The Balaban J connectivity index is 0.000000339. The van der Waals surface area contributed by atoms with Crippen molar-refractivity contribution in [2.75, 3.05) is 13.1 Å². The number of likely N-dealkylation sites (tertiary alicyclic amines) is 1. The number of hydrogen-bond donors (Lipinski definition) is 2. The van der Waals surface area contributed by atoms with Crippen LogP contribution < -0.4 is 5.73 Å². The molecule has 7 nitrogen and oxygen atoms in total. The van der Waals surface area contributed by atoms with E-state index in [2.05, 4.69) is 10.00 Å². The molecule has 11 heteroatoms. The fourth-order valence-corrected chi connectivity index (χ4v) is 4.25. The third-order valence-corrected chi connectivity index (χ3v) is 5.76. The van der Waals surface area contributed by atoms with Crippen molar-refractivity contribution in [1.82, 2.24) is 14.7 Å². The number of hydrogen-bond acceptors (Lipinski definition) is 4. The highest BCUT2D eigenvalue weighted by Crippen LogP contribution is 2.31. The molecule has 4 rings (SSSR count). The minimum absolute atomic E-state index is 0.158. The number of rotatable bonds is 3. The zero-order chi connectivity index (χ0) is 22.8. The number of nitrogens with zero attached hydrogens (tertiary/aromatic N) is 3. The summed E-state index contributed by atoms with van der Waals surface area (Å²) in [5, 5.41) is 12.3. The van der Waals surface area contributed by atoms with Gasteiger partial charge < -0.3 is 10.8 Å². The van der Waals surface area contributed by atoms with Crippen molar-refractivity contribution in [3.8, 4) is 0 Å². The van der Waals surface area contributed by atoms with Gasteiger partial charge in [0.25, 0.3) is 5.91 Å². The fraction of sp³-hybridized carbons (Fsp3) is 0.550. The number of aromatic nitrogens is 2. The predicted octanol–water partition coefficient (Wildman–Crippen LogP) is 3.49. The SMILES string of the molecule is NC(=O)c1cc(F)cc2cn(C3CCN(C4CCCCC4)C3)nc12.O=C(O)C(F)(F)F. The van der Waals surface area contributed by atoms with E-state index in [1.165, 1.54) is 44.2 Å². The number of benzene rings is 1. The van der Waals surface area contributed by atoms with Crippen molar-refractivity contribution < 1.29 is 32.3 Å². The molecule has 1 saturated heterocycles. The van der Waals surface area contributed by atoms with Crippen molar-refractivity contribution in [2.24, 2.45) is 5.73 Å². The van der Waals surface area contributed by atoms with Crippen LogP contribution in [0.4, 0.5) is 17.6 Å². The lowest BCUT2D eigenvalue weighted by atomic mass is 9.94. The first-order valence-corrected chi connectivity index (χ1v) is 10.1. The molecule has 0 radical (unpaired) electrons. The maximum absolute atomic E-state index is 13.7. The average molecular weight is 444 g/mol. The first-order chi connectivity index (χ1) is 14.6. The number of aliphatic carboxylic acids is 1. The molecule has 170 valence electrons. The largest absolute Gasteiger partial charge is 0.490 e. The van der Waals surface area contributed by atoms with Crippen LogP contribution in [0.3, 0.4) is 0 Å². The van der Waals surface area contributed by atoms with E-state index in [-0.39, 0.29) is 11.6 Å². The highest BCUT2D eigenvalue weighted by Gasteiger charge is 2.38. The molecular formula is C20H24F4N4O3. The highest BCUT2D eigenvalue weighted by atomic mass is 19.4. The molecule has 1 aromatic carbocycles. The molecule has 1 saturated carbocycles. The number of fused-ring (bicyclic) bond motifs is 1. The van der Waals surface area contributed by atoms with E-state index >= 15 is 0 Å². The van der Waals surface area contributed by atoms with Gasteiger partial charge in [0.15, 0.2) is 0 Å². The second-order valence-corrected chi connectivity index (χ2v) is 7.90. The molecule has 2 heterocycles. The van der Waals surface area contributed by atoms with E-state index in [0.29, 0.717) is 16.9 Å². The summed E-state index contributed by atoms with van der Waals surface area (Å²) >= 11 is 0. The Morgan fingerprint density at radius 3 is 2.32 bits per heavy atom. The molecular weight excluding hydrogens is 420 g/mol. The summed E-state index contributed by atoms with van der Waals surface area (Å²) in [6, 6.07) is 3.57. The normalized spacial score (nSPS) is 20.5. The average Bonchev–Trinajstić information content (AvgIpc) is 3.34. The van der Waals surface area contributed by atoms with E-state index < -0.39 is 23.9 Å². The molecule has 2 aliphatic rings. The molecule has 0 bridgehead atoms. The van der Waals surface area contributed by atoms with Gasteiger partial charge >= 0.3 is 12.1 Å². The van der Waals surface area contributed by atoms with Gasteiger partial charge in [0.1, 0.15) is 11.3 Å². The number of carboxylic acid groups (broad SMARTS) is 1. The van der Waals surface area contributed by atoms with Crippen LogP contribution in [0.5, 0.6) is 0 Å². The molecule has 31 heavy (non-hydrogen) atoms. The summed E-state index contributed by atoms with van der Waals surface area (Å²) in [4.78, 5) is 23.0. The van der Waals surface area contributed by atoms with Gasteiger partial charge in [-0.05, 0) is 31.4 Å². The lowest BCUT2D eigenvalue weighted by Crippen LogP contribution is -2.35. The maximum Gasteiger partial charge on any atom is 0.490 e. The van der Waals surface area contributed by atoms with Gasteiger partial charge in [-0.15, -0.1) is 0 Å². The standard InChI is InChI=1S/C18H23FN4O.C2HF3O2/c19-13-8-12-10-23(21-17(12)16(9-13)18(20)24)15-6-7-22(11-15)14-4-2-1-3-5-14;3-2(4,5)1(6)7/h8-10,14-15H,1-7,11H2,(H2,20,24);(H,6,7). The van der Waals surface area contributed by atoms with E-state index in [1.54, 1.807) is 0 Å². The number of alkyl halides is 3. The van der Waals surface area contributed by atoms with E-state index in [0.717, 1.165) is 19.5 Å². The smallest absolute Gasteiger partial charge is 0.475 e. The summed E-state index contributed by atoms with van der Waals surface area (Å²) in [6.07, 6.45) is 4.42. The van der Waals surface area contributed by atoms with Crippen LogP contribution in [-0.4, -0.2) is 57.0 Å². The Morgan fingerprint density at radius 1 is 1.10 bits per heavy atom. The minimum atomic E-state index is -5.08. The topological polar surface area (TPSA) is 101 Å². The molecule has 2 fully saturated rings. The molecule has 1 aliphatic carbocycles. The Hall–Kier alpha value is -2.69. The first kappa shape index (κ1) is 23.0. The molecule has 1 unspecified atom stereocenters. The zero-order valence-corrected chi connectivity index (χ0v) is 16.7. The quantitative estimate of drug-likeness (QED) is 0.706. The van der Waals surface area contributed by atoms with Crippen LogP contribution in [0, 0.1) is 5.82 Å². The predicted molar refractivity (Wildman–Crippen MR) is 104 cm³/mol. The van der Waals surface area contributed by atoms with Gasteiger partial charge in [-0.2, -0.15) is 18.3 Å². The van der Waals surface area contributed by atoms with E-state index in [4.69, 9.17) is 15.6 Å². The second-order valence-electron chi connectivity index (χ2n) is 7.90. The van der Waals surface area contributed by atoms with Crippen molar-refractivity contribution in [3.63, 3.8) is 0 Å². The Bertz CT molecular complexity index is 954. The summed E-state index contributed by atoms with van der Waals surface area (Å²) in [7, 11) is 0. The monoisotopic (exact) mass is 444 g/mol. The van der Waals surface area contributed by atoms with Gasteiger partial charge in [0.05, 0.1) is 11.6 Å². The second kappa shape index (κ2) is 9.21. The molecule has 3 N–H and O–H groups in total. The first-order valence-electron chi connectivity index (χ1n) is 10.1. The van der Waals surface area contributed by atoms with Crippen molar-refractivity contribution in [3.05, 3.63) is 29.7 Å². The number of carbonyl (C=O) groups is 2. The number of halogens is 4.